The topological polar surface area (TPSA) is 128 Å². The van der Waals surface area contributed by atoms with Crippen LogP contribution in [0.25, 0.3) is 0 Å². The number of nitrogens with one attached hydrogen (secondary N) is 2. The number of anilines is 1. The summed E-state index contributed by atoms with van der Waals surface area (Å²) in [4.78, 5) is 28.4. The lowest BCUT2D eigenvalue weighted by atomic mass is 9.89. The van der Waals surface area contributed by atoms with Crippen molar-refractivity contribution in [1.82, 2.24) is 9.62 Å². The second-order valence-corrected chi connectivity index (χ2v) is 12.0. The van der Waals surface area contributed by atoms with Gasteiger partial charge in [0.1, 0.15) is 17.7 Å². The number of hydrogen-bond acceptors (Lipinski definition) is 7. The SMILES string of the molecule is Cc1ccc(C2=NC3(CCN(S(=O)(=O)CCc4ccc(NCC(C=O)CO)cc4C)CC3)C(=O)N2)cc1. The van der Waals surface area contributed by atoms with Gasteiger partial charge in [-0.2, -0.15) is 0 Å². The molecular weight excluding hydrogens is 492 g/mol. The van der Waals surface area contributed by atoms with Gasteiger partial charge in [-0.25, -0.2) is 12.7 Å². The van der Waals surface area contributed by atoms with Crippen LogP contribution in [0.4, 0.5) is 5.69 Å². The van der Waals surface area contributed by atoms with Gasteiger partial charge in [-0.3, -0.25) is 9.79 Å². The second kappa shape index (κ2) is 11.1. The average molecular weight is 527 g/mol. The fraction of sp³-hybridized carbons (Fsp3) is 0.444. The first-order valence-electron chi connectivity index (χ1n) is 12.5. The molecule has 3 N–H and O–H groups in total. The number of aldehydes is 1. The van der Waals surface area contributed by atoms with Crippen molar-refractivity contribution in [3.63, 3.8) is 0 Å². The Balaban J connectivity index is 1.34. The predicted octanol–water partition coefficient (Wildman–Crippen LogP) is 1.81. The number of aryl methyl sites for hydroxylation is 3. The maximum atomic E-state index is 13.1. The molecule has 0 saturated carbocycles. The van der Waals surface area contributed by atoms with Crippen molar-refractivity contribution < 1.29 is 23.1 Å². The third kappa shape index (κ3) is 6.08. The van der Waals surface area contributed by atoms with E-state index in [0.29, 0.717) is 31.6 Å². The van der Waals surface area contributed by atoms with E-state index in [2.05, 4.69) is 10.6 Å². The summed E-state index contributed by atoms with van der Waals surface area (Å²) in [6, 6.07) is 13.4. The highest BCUT2D eigenvalue weighted by Crippen LogP contribution is 2.32. The number of aliphatic imine (C=N–C) groups is 1. The molecule has 2 aromatic rings. The molecule has 37 heavy (non-hydrogen) atoms. The molecule has 1 unspecified atom stereocenters. The molecule has 2 heterocycles. The number of sulfonamides is 1. The minimum Gasteiger partial charge on any atom is -0.396 e. The van der Waals surface area contributed by atoms with E-state index in [0.717, 1.165) is 34.2 Å². The van der Waals surface area contributed by atoms with Gasteiger partial charge in [0.2, 0.25) is 10.0 Å². The smallest absolute Gasteiger partial charge is 0.253 e. The minimum atomic E-state index is -3.50. The van der Waals surface area contributed by atoms with Crippen molar-refractivity contribution in [3.8, 4) is 0 Å². The van der Waals surface area contributed by atoms with Gasteiger partial charge in [-0.05, 0) is 56.4 Å². The zero-order valence-corrected chi connectivity index (χ0v) is 22.1. The highest BCUT2D eigenvalue weighted by Gasteiger charge is 2.47. The van der Waals surface area contributed by atoms with Gasteiger partial charge < -0.3 is 20.5 Å². The van der Waals surface area contributed by atoms with E-state index in [1.165, 1.54) is 4.31 Å². The Hall–Kier alpha value is -3.08. The lowest BCUT2D eigenvalue weighted by Gasteiger charge is -2.34. The highest BCUT2D eigenvalue weighted by atomic mass is 32.2. The molecular formula is C27H34N4O5S. The van der Waals surface area contributed by atoms with Crippen LogP contribution in [0.2, 0.25) is 0 Å². The first-order valence-corrected chi connectivity index (χ1v) is 14.1. The van der Waals surface area contributed by atoms with Crippen LogP contribution in [-0.4, -0.2) is 73.4 Å². The molecule has 0 radical (unpaired) electrons. The number of carbonyl (C=O) groups excluding carboxylic acids is 2. The van der Waals surface area contributed by atoms with Gasteiger partial charge in [0.05, 0.1) is 18.3 Å². The van der Waals surface area contributed by atoms with Crippen LogP contribution in [-0.2, 0) is 26.0 Å². The number of rotatable bonds is 10. The van der Waals surface area contributed by atoms with Gasteiger partial charge in [-0.15, -0.1) is 0 Å². The molecule has 198 valence electrons. The molecule has 0 aliphatic carbocycles. The molecule has 1 amide bonds. The molecule has 2 aliphatic heterocycles. The number of nitrogens with zero attached hydrogens (tertiary/aromatic N) is 2. The highest BCUT2D eigenvalue weighted by molar-refractivity contribution is 7.89. The summed E-state index contributed by atoms with van der Waals surface area (Å²) in [5.41, 5.74) is 3.75. The van der Waals surface area contributed by atoms with E-state index in [1.807, 2.05) is 56.3 Å². The van der Waals surface area contributed by atoms with E-state index in [9.17, 15) is 18.0 Å². The summed E-state index contributed by atoms with van der Waals surface area (Å²) in [6.07, 6.45) is 1.79. The number of piperidine rings is 1. The summed E-state index contributed by atoms with van der Waals surface area (Å²) in [7, 11) is -3.50. The number of hydrogen-bond donors (Lipinski definition) is 3. The van der Waals surface area contributed by atoms with Crippen LogP contribution < -0.4 is 10.6 Å². The van der Waals surface area contributed by atoms with E-state index in [1.54, 1.807) is 0 Å². The molecule has 2 aromatic carbocycles. The number of amides is 1. The van der Waals surface area contributed by atoms with Crippen molar-refractivity contribution in [3.05, 3.63) is 64.7 Å². The zero-order valence-electron chi connectivity index (χ0n) is 21.2. The van der Waals surface area contributed by atoms with Gasteiger partial charge >= 0.3 is 0 Å². The number of aliphatic hydroxyl groups excluding tert-OH is 1. The minimum absolute atomic E-state index is 0.0184. The Bertz CT molecular complexity index is 1280. The van der Waals surface area contributed by atoms with Gasteiger partial charge in [0.25, 0.3) is 5.91 Å². The molecule has 1 atom stereocenters. The van der Waals surface area contributed by atoms with E-state index in [4.69, 9.17) is 10.1 Å². The fourth-order valence-corrected chi connectivity index (χ4v) is 6.17. The predicted molar refractivity (Wildman–Crippen MR) is 143 cm³/mol. The maximum Gasteiger partial charge on any atom is 0.253 e. The summed E-state index contributed by atoms with van der Waals surface area (Å²) in [5.74, 6) is -0.102. The molecule has 1 saturated heterocycles. The quantitative estimate of drug-likeness (QED) is 0.405. The maximum absolute atomic E-state index is 13.1. The van der Waals surface area contributed by atoms with Crippen LogP contribution in [0.1, 0.15) is 35.1 Å². The standard InChI is InChI=1S/C27H34N4O5S/c1-19-3-5-23(6-4-19)25-29-26(34)27(30-25)10-12-31(13-11-27)37(35,36)14-9-22-7-8-24(15-20(22)2)28-16-21(17-32)18-33/h3-8,15,17,21,28,33H,9-14,16,18H2,1-2H3,(H,29,30,34). The molecule has 1 fully saturated rings. The molecule has 4 rings (SSSR count). The summed E-state index contributed by atoms with van der Waals surface area (Å²) >= 11 is 0. The zero-order chi connectivity index (χ0) is 26.6. The third-order valence-electron chi connectivity index (χ3n) is 7.22. The monoisotopic (exact) mass is 526 g/mol. The first-order chi connectivity index (χ1) is 17.7. The van der Waals surface area contributed by atoms with Gasteiger partial charge in [0, 0.05) is 30.9 Å². The molecule has 10 heteroatoms. The molecule has 0 bridgehead atoms. The fourth-order valence-electron chi connectivity index (χ4n) is 4.70. The summed E-state index contributed by atoms with van der Waals surface area (Å²) in [5, 5.41) is 15.2. The Morgan fingerprint density at radius 2 is 1.86 bits per heavy atom. The van der Waals surface area contributed by atoms with Crippen LogP contribution in [0.15, 0.2) is 47.5 Å². The molecule has 0 aromatic heterocycles. The average Bonchev–Trinajstić information content (AvgIpc) is 3.20. The van der Waals surface area contributed by atoms with Crippen molar-refractivity contribution in [2.45, 2.75) is 38.6 Å². The third-order valence-corrected chi connectivity index (χ3v) is 9.09. The Labute approximate surface area is 218 Å². The van der Waals surface area contributed by atoms with E-state index in [-0.39, 0.29) is 31.4 Å². The van der Waals surface area contributed by atoms with Crippen LogP contribution >= 0.6 is 0 Å². The lowest BCUT2D eigenvalue weighted by molar-refractivity contribution is -0.125. The van der Waals surface area contributed by atoms with Crippen LogP contribution in [0.5, 0.6) is 0 Å². The van der Waals surface area contributed by atoms with Crippen molar-refractivity contribution in [1.29, 1.82) is 0 Å². The normalized spacial score (nSPS) is 18.4. The Morgan fingerprint density at radius 3 is 2.49 bits per heavy atom. The molecule has 9 nitrogen and oxygen atoms in total. The van der Waals surface area contributed by atoms with Crippen molar-refractivity contribution in [2.24, 2.45) is 10.9 Å². The largest absolute Gasteiger partial charge is 0.396 e. The molecule has 2 aliphatic rings. The lowest BCUT2D eigenvalue weighted by Crippen LogP contribution is -2.50. The first kappa shape index (κ1) is 27.0. The van der Waals surface area contributed by atoms with Gasteiger partial charge in [0.15, 0.2) is 0 Å². The summed E-state index contributed by atoms with van der Waals surface area (Å²) < 4.78 is 27.7. The van der Waals surface area contributed by atoms with Crippen molar-refractivity contribution >= 4 is 33.7 Å². The molecule has 1 spiro atoms. The van der Waals surface area contributed by atoms with Crippen LogP contribution in [0.3, 0.4) is 0 Å². The second-order valence-electron chi connectivity index (χ2n) is 9.88. The van der Waals surface area contributed by atoms with E-state index < -0.39 is 21.5 Å². The van der Waals surface area contributed by atoms with Crippen LogP contribution in [0, 0.1) is 19.8 Å². The summed E-state index contributed by atoms with van der Waals surface area (Å²) in [6.45, 7) is 4.54. The number of benzene rings is 2. The van der Waals surface area contributed by atoms with Gasteiger partial charge in [-0.1, -0.05) is 35.9 Å². The number of aliphatic hydroxyl groups is 1. The number of amidine groups is 1. The Morgan fingerprint density at radius 1 is 1.16 bits per heavy atom. The van der Waals surface area contributed by atoms with Crippen molar-refractivity contribution in [2.75, 3.05) is 37.3 Å². The number of carbonyl (C=O) groups is 2. The van der Waals surface area contributed by atoms with E-state index >= 15 is 0 Å². The Kier molecular flexibility index (Phi) is 8.11.